The van der Waals surface area contributed by atoms with E-state index < -0.39 is 21.7 Å². The van der Waals surface area contributed by atoms with Crippen LogP contribution in [0.3, 0.4) is 0 Å². The van der Waals surface area contributed by atoms with E-state index in [1.54, 1.807) is 0 Å². The minimum Gasteiger partial charge on any atom is -0.465 e. The molecule has 29 heavy (non-hydrogen) atoms. The molecule has 1 amide bonds. The summed E-state index contributed by atoms with van der Waals surface area (Å²) in [6.07, 6.45) is 2.63. The van der Waals surface area contributed by atoms with Gasteiger partial charge in [-0.3, -0.25) is 0 Å². The maximum absolute atomic E-state index is 14.5. The van der Waals surface area contributed by atoms with E-state index in [4.69, 9.17) is 5.11 Å². The Kier molecular flexibility index (Phi) is 4.87. The highest BCUT2D eigenvalue weighted by atomic mass is 32.2. The lowest BCUT2D eigenvalue weighted by atomic mass is 9.99. The highest BCUT2D eigenvalue weighted by Gasteiger charge is 2.18. The van der Waals surface area contributed by atoms with Crippen molar-refractivity contribution in [1.82, 2.24) is 9.88 Å². The van der Waals surface area contributed by atoms with Gasteiger partial charge >= 0.3 is 6.09 Å². The topological polar surface area (TPSA) is 87.6 Å². The van der Waals surface area contributed by atoms with Gasteiger partial charge in [0.2, 0.25) is 0 Å². The van der Waals surface area contributed by atoms with E-state index in [2.05, 4.69) is 4.98 Å². The van der Waals surface area contributed by atoms with Crippen LogP contribution in [0.5, 0.6) is 0 Å². The Morgan fingerprint density at radius 3 is 2.66 bits per heavy atom. The molecule has 0 atom stereocenters. The Balaban J connectivity index is 1.67. The Hall–Kier alpha value is -2.78. The summed E-state index contributed by atoms with van der Waals surface area (Å²) in [5, 5.41) is 9.53. The van der Waals surface area contributed by atoms with Crippen molar-refractivity contribution in [3.05, 3.63) is 53.9 Å². The molecule has 0 unspecified atom stereocenters. The number of fused-ring (bicyclic) bond motifs is 1. The van der Waals surface area contributed by atoms with Crippen molar-refractivity contribution in [2.75, 3.05) is 19.3 Å². The number of rotatable bonds is 3. The molecule has 0 radical (unpaired) electrons. The zero-order valence-electron chi connectivity index (χ0n) is 15.4. The zero-order chi connectivity index (χ0) is 20.8. The average Bonchev–Trinajstić information content (AvgIpc) is 3.10. The fraction of sp³-hybridized carbons (Fsp3) is 0.200. The Labute approximate surface area is 170 Å². The van der Waals surface area contributed by atoms with Crippen LogP contribution >= 0.6 is 11.3 Å². The summed E-state index contributed by atoms with van der Waals surface area (Å²) in [7, 11) is -3.48. The monoisotopic (exact) mass is 432 g/mol. The van der Waals surface area contributed by atoms with Crippen molar-refractivity contribution in [3.8, 4) is 10.6 Å². The number of nitrogens with zero attached hydrogens (tertiary/aromatic N) is 2. The smallest absolute Gasteiger partial charge is 0.407 e. The molecule has 1 aromatic heterocycles. The van der Waals surface area contributed by atoms with Crippen molar-refractivity contribution >= 4 is 43.1 Å². The minimum atomic E-state index is -3.48. The summed E-state index contributed by atoms with van der Waals surface area (Å²) in [6.45, 7) is 0.794. The average molecular weight is 432 g/mol. The number of carboxylic acid groups (broad SMARTS) is 1. The predicted molar refractivity (Wildman–Crippen MR) is 110 cm³/mol. The number of benzene rings is 2. The summed E-state index contributed by atoms with van der Waals surface area (Å²) in [5.41, 5.74) is 3.00. The number of amides is 1. The molecule has 2 heterocycles. The van der Waals surface area contributed by atoms with Gasteiger partial charge in [-0.15, -0.1) is 11.3 Å². The zero-order valence-corrected chi connectivity index (χ0v) is 17.1. The van der Waals surface area contributed by atoms with Crippen molar-refractivity contribution in [2.45, 2.75) is 11.3 Å². The summed E-state index contributed by atoms with van der Waals surface area (Å²) >= 11 is 1.33. The number of carbonyl (C=O) groups is 1. The molecule has 1 aliphatic rings. The van der Waals surface area contributed by atoms with Crippen LogP contribution in [-0.4, -0.2) is 48.8 Å². The fourth-order valence-electron chi connectivity index (χ4n) is 3.25. The summed E-state index contributed by atoms with van der Waals surface area (Å²) in [4.78, 5) is 16.9. The SMILES string of the molecule is CS(=O)(=O)c1ccc(-c2nc3cc(C4=CCN(C(=O)O)CC4)ccc3s2)c(F)c1. The molecule has 0 bridgehead atoms. The van der Waals surface area contributed by atoms with Gasteiger partial charge in [0.25, 0.3) is 0 Å². The molecule has 4 rings (SSSR count). The number of hydrogen-bond acceptors (Lipinski definition) is 5. The van der Waals surface area contributed by atoms with E-state index >= 15 is 0 Å². The first-order valence-electron chi connectivity index (χ1n) is 8.80. The third kappa shape index (κ3) is 3.88. The van der Waals surface area contributed by atoms with Crippen LogP contribution in [0.25, 0.3) is 26.4 Å². The van der Waals surface area contributed by atoms with Crippen molar-refractivity contribution in [2.24, 2.45) is 0 Å². The summed E-state index contributed by atoms with van der Waals surface area (Å²) in [6, 6.07) is 9.62. The molecule has 2 aromatic carbocycles. The number of hydrogen-bond donors (Lipinski definition) is 1. The largest absolute Gasteiger partial charge is 0.465 e. The maximum atomic E-state index is 14.5. The minimum absolute atomic E-state index is 0.0678. The van der Waals surface area contributed by atoms with Crippen LogP contribution in [0.4, 0.5) is 9.18 Å². The van der Waals surface area contributed by atoms with Gasteiger partial charge in [-0.2, -0.15) is 0 Å². The second-order valence-electron chi connectivity index (χ2n) is 6.82. The summed E-state index contributed by atoms with van der Waals surface area (Å²) < 4.78 is 38.6. The third-order valence-electron chi connectivity index (χ3n) is 4.84. The van der Waals surface area contributed by atoms with Crippen LogP contribution in [-0.2, 0) is 9.84 Å². The molecule has 0 fully saturated rings. The van der Waals surface area contributed by atoms with Crippen LogP contribution in [0.2, 0.25) is 0 Å². The van der Waals surface area contributed by atoms with Gasteiger partial charge in [-0.1, -0.05) is 12.1 Å². The molecule has 0 spiro atoms. The normalized spacial score (nSPS) is 14.8. The van der Waals surface area contributed by atoms with E-state index in [-0.39, 0.29) is 10.5 Å². The molecule has 0 saturated carbocycles. The van der Waals surface area contributed by atoms with E-state index in [1.807, 2.05) is 24.3 Å². The van der Waals surface area contributed by atoms with Gasteiger partial charge in [0.1, 0.15) is 10.8 Å². The second kappa shape index (κ2) is 7.23. The fourth-order valence-corrected chi connectivity index (χ4v) is 4.85. The molecule has 150 valence electrons. The number of thiazole rings is 1. The highest BCUT2D eigenvalue weighted by Crippen LogP contribution is 2.34. The second-order valence-corrected chi connectivity index (χ2v) is 9.87. The lowest BCUT2D eigenvalue weighted by Crippen LogP contribution is -2.33. The van der Waals surface area contributed by atoms with Gasteiger partial charge in [0.15, 0.2) is 9.84 Å². The molecule has 9 heteroatoms. The summed E-state index contributed by atoms with van der Waals surface area (Å²) in [5.74, 6) is -0.629. The van der Waals surface area contributed by atoms with Crippen LogP contribution < -0.4 is 0 Å². The van der Waals surface area contributed by atoms with Crippen LogP contribution in [0.1, 0.15) is 12.0 Å². The lowest BCUT2D eigenvalue weighted by Gasteiger charge is -2.23. The first-order chi connectivity index (χ1) is 13.7. The quantitative estimate of drug-likeness (QED) is 0.668. The van der Waals surface area contributed by atoms with Crippen molar-refractivity contribution in [1.29, 1.82) is 0 Å². The molecule has 1 aliphatic heterocycles. The first kappa shape index (κ1) is 19.5. The Morgan fingerprint density at radius 2 is 2.03 bits per heavy atom. The first-order valence-corrected chi connectivity index (χ1v) is 11.5. The van der Waals surface area contributed by atoms with Gasteiger partial charge in [-0.05, 0) is 47.9 Å². The molecule has 3 aromatic rings. The molecular weight excluding hydrogens is 415 g/mol. The standard InChI is InChI=1S/C20H17FN2O4S2/c1-29(26,27)14-3-4-15(16(21)11-14)19-22-17-10-13(2-5-18(17)28-19)12-6-8-23(9-7-12)20(24)25/h2-6,10-11H,7-9H2,1H3,(H,24,25). The van der Waals surface area contributed by atoms with E-state index in [0.717, 1.165) is 33.7 Å². The van der Waals surface area contributed by atoms with Gasteiger partial charge in [0, 0.05) is 24.9 Å². The lowest BCUT2D eigenvalue weighted by molar-refractivity contribution is 0.150. The highest BCUT2D eigenvalue weighted by molar-refractivity contribution is 7.90. The molecule has 0 saturated heterocycles. The van der Waals surface area contributed by atoms with Gasteiger partial charge < -0.3 is 10.0 Å². The van der Waals surface area contributed by atoms with Gasteiger partial charge in [-0.25, -0.2) is 22.6 Å². The molecular formula is C20H17FN2O4S2. The molecule has 1 N–H and O–H groups in total. The molecule has 0 aliphatic carbocycles. The van der Waals surface area contributed by atoms with Crippen molar-refractivity contribution < 1.29 is 22.7 Å². The number of aromatic nitrogens is 1. The van der Waals surface area contributed by atoms with Crippen LogP contribution in [0, 0.1) is 5.82 Å². The Bertz CT molecular complexity index is 1260. The number of sulfone groups is 1. The molecule has 6 nitrogen and oxygen atoms in total. The van der Waals surface area contributed by atoms with E-state index in [1.165, 1.54) is 28.4 Å². The Morgan fingerprint density at radius 1 is 1.24 bits per heavy atom. The van der Waals surface area contributed by atoms with E-state index in [0.29, 0.717) is 24.5 Å². The number of halogens is 1. The van der Waals surface area contributed by atoms with Gasteiger partial charge in [0.05, 0.1) is 15.1 Å². The predicted octanol–water partition coefficient (Wildman–Crippen LogP) is 4.27. The van der Waals surface area contributed by atoms with Crippen LogP contribution in [0.15, 0.2) is 47.4 Å². The third-order valence-corrected chi connectivity index (χ3v) is 7.02. The maximum Gasteiger partial charge on any atom is 0.407 e. The van der Waals surface area contributed by atoms with Crippen molar-refractivity contribution in [3.63, 3.8) is 0 Å². The van der Waals surface area contributed by atoms with E-state index in [9.17, 15) is 17.6 Å².